The largest absolute Gasteiger partial charge is 0.507 e. The monoisotopic (exact) mass is 1380 g/mol. The summed E-state index contributed by atoms with van der Waals surface area (Å²) in [6, 6.07) is 33.7. The molecule has 1 aliphatic rings. The molecule has 10 aromatic rings. The molecule has 4 heterocycles. The Morgan fingerprint density at radius 2 is 0.690 bits per heavy atom. The van der Waals surface area contributed by atoms with Crippen LogP contribution in [0.1, 0.15) is 246 Å². The lowest BCUT2D eigenvalue weighted by Gasteiger charge is -2.28. The summed E-state index contributed by atoms with van der Waals surface area (Å²) >= 11 is 3.31. The summed E-state index contributed by atoms with van der Waals surface area (Å²) < 4.78 is 17.8. The van der Waals surface area contributed by atoms with Crippen LogP contribution in [0.2, 0.25) is 0 Å². The highest BCUT2D eigenvalue weighted by Crippen LogP contribution is 2.45. The number of phenolic OH excluding ortho intramolecular Hbond substituents is 4. The standard InChI is InChI=1S/C84H100N8O6S2/c1-79(2,3)63-29-51-25-55-33-65(81(7,8)9)35-57(77(55)97-49-69-47-91(89-87-69)45-61-39-67(83(13,14)15)37-59(75(61)95)41-85-43-71-21-19-23-99-71)27-53-31-64(80(4,5)6)32-54(74(53)94)28-58-36-66(82(10,11)12)34-56(26-52(30-63)73(51)93)78(58)98-50-70-48-92(90-88-70)46-62-40-68(84(16,17)18)38-60(76(62)96)42-86-44-72-22-20-24-100-72/h19-24,29-42,47-48,93-96H,25-28,43-46,49-50H2,1-18H3. The normalized spacial score (nSPS) is 13.5. The molecular formula is C84H100N8O6S2. The van der Waals surface area contributed by atoms with Gasteiger partial charge in [-0.2, -0.15) is 0 Å². The average molecular weight is 1380 g/mol. The van der Waals surface area contributed by atoms with Crippen molar-refractivity contribution < 1.29 is 29.9 Å². The van der Waals surface area contributed by atoms with Gasteiger partial charge in [0.15, 0.2) is 0 Å². The summed E-state index contributed by atoms with van der Waals surface area (Å²) in [6.45, 7) is 41.2. The van der Waals surface area contributed by atoms with Gasteiger partial charge in [0.2, 0.25) is 0 Å². The van der Waals surface area contributed by atoms with Crippen molar-refractivity contribution in [2.75, 3.05) is 0 Å². The number of nitrogens with zero attached hydrogens (tertiary/aromatic N) is 8. The van der Waals surface area contributed by atoms with Crippen molar-refractivity contribution in [2.45, 2.75) is 222 Å². The maximum atomic E-state index is 13.1. The molecule has 524 valence electrons. The number of hydrogen-bond acceptors (Lipinski definition) is 14. The van der Waals surface area contributed by atoms with Crippen molar-refractivity contribution in [3.63, 3.8) is 0 Å². The first-order chi connectivity index (χ1) is 46.9. The molecule has 8 bridgehead atoms. The Kier molecular flexibility index (Phi) is 20.5. The number of ether oxygens (including phenoxy) is 2. The van der Waals surface area contributed by atoms with Crippen molar-refractivity contribution in [3.05, 3.63) is 241 Å². The fourth-order valence-electron chi connectivity index (χ4n) is 12.6. The molecule has 0 atom stereocenters. The zero-order chi connectivity index (χ0) is 72.0. The fraction of sp³-hybridized carbons (Fsp3) is 0.405. The molecule has 0 spiro atoms. The molecule has 0 amide bonds. The van der Waals surface area contributed by atoms with E-state index in [1.54, 1.807) is 44.5 Å². The molecule has 4 N–H and O–H groups in total. The number of benzene rings is 6. The van der Waals surface area contributed by atoms with Crippen LogP contribution in [-0.4, -0.2) is 62.8 Å². The molecule has 0 unspecified atom stereocenters. The van der Waals surface area contributed by atoms with E-state index in [9.17, 15) is 20.4 Å². The van der Waals surface area contributed by atoms with Crippen molar-refractivity contribution in [2.24, 2.45) is 9.98 Å². The third-order valence-electron chi connectivity index (χ3n) is 18.9. The molecular weight excluding hydrogens is 1280 g/mol. The van der Waals surface area contributed by atoms with Gasteiger partial charge in [0.05, 0.1) is 38.6 Å². The minimum absolute atomic E-state index is 0.0637. The van der Waals surface area contributed by atoms with Gasteiger partial charge in [-0.05, 0) is 158 Å². The smallest absolute Gasteiger partial charge is 0.134 e. The van der Waals surface area contributed by atoms with E-state index >= 15 is 0 Å². The van der Waals surface area contributed by atoms with Gasteiger partial charge >= 0.3 is 0 Å². The Morgan fingerprint density at radius 3 is 0.970 bits per heavy atom. The lowest BCUT2D eigenvalue weighted by atomic mass is 9.79. The average Bonchev–Trinajstić information content (AvgIpc) is 0.875. The van der Waals surface area contributed by atoms with Crippen LogP contribution < -0.4 is 9.47 Å². The maximum absolute atomic E-state index is 13.1. The van der Waals surface area contributed by atoms with Gasteiger partial charge < -0.3 is 29.9 Å². The molecule has 14 nitrogen and oxygen atoms in total. The molecule has 6 aromatic carbocycles. The van der Waals surface area contributed by atoms with Gasteiger partial charge in [-0.15, -0.1) is 32.9 Å². The van der Waals surface area contributed by atoms with E-state index in [-0.39, 0.29) is 81.8 Å². The fourth-order valence-corrected chi connectivity index (χ4v) is 13.9. The second-order valence-corrected chi connectivity index (χ2v) is 35.4. The number of phenols is 4. The number of rotatable bonds is 16. The Labute approximate surface area is 599 Å². The van der Waals surface area contributed by atoms with E-state index in [4.69, 9.17) is 19.5 Å². The zero-order valence-electron chi connectivity index (χ0n) is 61.8. The number of aliphatic imine (C=N–C) groups is 2. The molecule has 0 radical (unpaired) electrons. The van der Waals surface area contributed by atoms with Gasteiger partial charge in [-0.1, -0.05) is 196 Å². The molecule has 0 aliphatic heterocycles. The summed E-state index contributed by atoms with van der Waals surface area (Å²) in [5.41, 5.74) is 15.1. The first kappa shape index (κ1) is 72.4. The zero-order valence-corrected chi connectivity index (χ0v) is 63.4. The van der Waals surface area contributed by atoms with Crippen LogP contribution in [0.5, 0.6) is 34.5 Å². The van der Waals surface area contributed by atoms with Gasteiger partial charge in [-0.25, -0.2) is 9.36 Å². The summed E-state index contributed by atoms with van der Waals surface area (Å²) in [5.74, 6) is 1.96. The lowest BCUT2D eigenvalue weighted by Crippen LogP contribution is -2.16. The Balaban J connectivity index is 0.990. The molecule has 0 fully saturated rings. The number of thiophene rings is 2. The van der Waals surface area contributed by atoms with Crippen LogP contribution in [0.15, 0.2) is 130 Å². The van der Waals surface area contributed by atoms with E-state index in [1.807, 2.05) is 59.6 Å². The summed E-state index contributed by atoms with van der Waals surface area (Å²) in [4.78, 5) is 11.7. The lowest BCUT2D eigenvalue weighted by molar-refractivity contribution is 0.295. The predicted molar refractivity (Wildman–Crippen MR) is 407 cm³/mol. The van der Waals surface area contributed by atoms with Crippen molar-refractivity contribution in [1.82, 2.24) is 30.0 Å². The minimum Gasteiger partial charge on any atom is -0.507 e. The van der Waals surface area contributed by atoms with Crippen LogP contribution in [0.4, 0.5) is 0 Å². The molecule has 100 heavy (non-hydrogen) atoms. The first-order valence-electron chi connectivity index (χ1n) is 34.7. The van der Waals surface area contributed by atoms with Crippen LogP contribution in [-0.2, 0) is 97.6 Å². The summed E-state index contributed by atoms with van der Waals surface area (Å²) in [6.07, 6.45) is 8.53. The second kappa shape index (κ2) is 28.3. The Bertz CT molecular complexity index is 4270. The first-order valence-corrected chi connectivity index (χ1v) is 36.5. The van der Waals surface area contributed by atoms with E-state index in [1.165, 1.54) is 0 Å². The van der Waals surface area contributed by atoms with Crippen molar-refractivity contribution in [1.29, 1.82) is 0 Å². The molecule has 0 saturated heterocycles. The number of hydrogen-bond donors (Lipinski definition) is 4. The van der Waals surface area contributed by atoms with Crippen LogP contribution >= 0.6 is 22.7 Å². The topological polar surface area (TPSA) is 186 Å². The van der Waals surface area contributed by atoms with Crippen LogP contribution in [0.25, 0.3) is 0 Å². The molecule has 16 heteroatoms. The Hall–Kier alpha value is -8.86. The Morgan fingerprint density at radius 1 is 0.400 bits per heavy atom. The maximum Gasteiger partial charge on any atom is 0.134 e. The van der Waals surface area contributed by atoms with Crippen molar-refractivity contribution >= 4 is 35.1 Å². The third-order valence-corrected chi connectivity index (χ3v) is 20.6. The minimum atomic E-state index is -0.315. The highest BCUT2D eigenvalue weighted by Gasteiger charge is 2.30. The van der Waals surface area contributed by atoms with E-state index in [0.717, 1.165) is 87.6 Å². The van der Waals surface area contributed by atoms with Gasteiger partial charge in [-0.3, -0.25) is 9.98 Å². The van der Waals surface area contributed by atoms with Gasteiger partial charge in [0, 0.05) is 70.1 Å². The second-order valence-electron chi connectivity index (χ2n) is 33.4. The van der Waals surface area contributed by atoms with Gasteiger partial charge in [0.25, 0.3) is 0 Å². The van der Waals surface area contributed by atoms with Crippen molar-refractivity contribution in [3.8, 4) is 34.5 Å². The van der Waals surface area contributed by atoms with Crippen LogP contribution in [0.3, 0.4) is 0 Å². The van der Waals surface area contributed by atoms with E-state index < -0.39 is 0 Å². The number of fused-ring (bicyclic) bond motifs is 8. The third kappa shape index (κ3) is 17.1. The molecule has 1 aliphatic carbocycles. The van der Waals surface area contributed by atoms with E-state index in [2.05, 4.69) is 206 Å². The molecule has 4 aromatic heterocycles. The molecule has 11 rings (SSSR count). The summed E-state index contributed by atoms with van der Waals surface area (Å²) in [7, 11) is 0. The predicted octanol–water partition coefficient (Wildman–Crippen LogP) is 18.8. The number of aromatic hydroxyl groups is 4. The van der Waals surface area contributed by atoms with E-state index in [0.29, 0.717) is 83.9 Å². The van der Waals surface area contributed by atoms with Crippen LogP contribution in [0, 0.1) is 0 Å². The highest BCUT2D eigenvalue weighted by molar-refractivity contribution is 7.10. The SMILES string of the molecule is CC(C)(C)c1cc(C=NCc2cccs2)c(O)c(Cn2cc(COc3c4cc(C(C)(C)C)cc3Cc3cc(C(C)(C)C)cc(c3O)Cc3cc(C(C)(C)C)cc(c3OCc3cn(Cc5cc(C(C)(C)C)cc(C=NCc6cccs6)c5O)nn3)Cc3cc(C(C)(C)C)cc(c3O)C4)nn2)c1. The quantitative estimate of drug-likeness (QED) is 0.0679. The molecule has 0 saturated carbocycles. The van der Waals surface area contributed by atoms with Gasteiger partial charge in [0.1, 0.15) is 59.1 Å². The summed E-state index contributed by atoms with van der Waals surface area (Å²) in [5, 5.41) is 72.5. The highest BCUT2D eigenvalue weighted by atomic mass is 32.1. The number of aromatic nitrogens is 6.